The van der Waals surface area contributed by atoms with Crippen molar-refractivity contribution >= 4 is 6.09 Å². The predicted octanol–water partition coefficient (Wildman–Crippen LogP) is 1.75. The monoisotopic (exact) mass is 226 g/mol. The highest BCUT2D eigenvalue weighted by atomic mass is 16.6. The Morgan fingerprint density at radius 1 is 1.31 bits per heavy atom. The van der Waals surface area contributed by atoms with E-state index in [0.29, 0.717) is 0 Å². The number of rotatable bonds is 0. The molecule has 0 saturated carbocycles. The van der Waals surface area contributed by atoms with E-state index in [0.717, 1.165) is 32.5 Å². The topological polar surface area (TPSA) is 41.6 Å². The second-order valence-electron chi connectivity index (χ2n) is 5.92. The van der Waals surface area contributed by atoms with Gasteiger partial charge < -0.3 is 10.1 Å². The van der Waals surface area contributed by atoms with Crippen molar-refractivity contribution in [1.29, 1.82) is 0 Å². The molecule has 1 spiro atoms. The summed E-state index contributed by atoms with van der Waals surface area (Å²) in [4.78, 5) is 14.0. The smallest absolute Gasteiger partial charge is 0.410 e. The lowest BCUT2D eigenvalue weighted by Crippen LogP contribution is -2.71. The lowest BCUT2D eigenvalue weighted by molar-refractivity contribution is -0.0325. The van der Waals surface area contributed by atoms with Crippen molar-refractivity contribution in [2.24, 2.45) is 0 Å². The highest BCUT2D eigenvalue weighted by Crippen LogP contribution is 2.32. The Hall–Kier alpha value is -0.770. The minimum Gasteiger partial charge on any atom is -0.444 e. The fourth-order valence-electron chi connectivity index (χ4n) is 2.48. The third-order valence-electron chi connectivity index (χ3n) is 3.37. The maximum absolute atomic E-state index is 12.1. The Morgan fingerprint density at radius 3 is 2.50 bits per heavy atom. The number of piperidine rings is 1. The minimum atomic E-state index is -0.396. The molecule has 2 saturated heterocycles. The number of likely N-dealkylation sites (tertiary alicyclic amines) is 1. The number of hydrogen-bond acceptors (Lipinski definition) is 3. The first-order valence-electron chi connectivity index (χ1n) is 6.14. The average Bonchev–Trinajstić information content (AvgIpc) is 2.12. The summed E-state index contributed by atoms with van der Waals surface area (Å²) in [5.41, 5.74) is -0.340. The first kappa shape index (κ1) is 11.7. The van der Waals surface area contributed by atoms with Crippen LogP contribution in [0.2, 0.25) is 0 Å². The molecule has 2 heterocycles. The van der Waals surface area contributed by atoms with E-state index in [-0.39, 0.29) is 11.6 Å². The van der Waals surface area contributed by atoms with Gasteiger partial charge in [-0.25, -0.2) is 4.79 Å². The van der Waals surface area contributed by atoms with Gasteiger partial charge in [-0.1, -0.05) is 0 Å². The molecule has 16 heavy (non-hydrogen) atoms. The highest BCUT2D eigenvalue weighted by molar-refractivity contribution is 5.69. The van der Waals surface area contributed by atoms with Crippen LogP contribution in [0.5, 0.6) is 0 Å². The summed E-state index contributed by atoms with van der Waals surface area (Å²) in [5.74, 6) is 0. The normalized spacial score (nSPS) is 24.1. The van der Waals surface area contributed by atoms with Crippen LogP contribution in [-0.4, -0.2) is 41.8 Å². The minimum absolute atomic E-state index is 0.0561. The Bertz CT molecular complexity index is 279. The van der Waals surface area contributed by atoms with Crippen LogP contribution in [0.3, 0.4) is 0 Å². The fraction of sp³-hybridized carbons (Fsp3) is 0.917. The highest BCUT2D eigenvalue weighted by Gasteiger charge is 2.47. The zero-order valence-electron chi connectivity index (χ0n) is 10.5. The zero-order valence-corrected chi connectivity index (χ0v) is 10.5. The van der Waals surface area contributed by atoms with Gasteiger partial charge in [0.2, 0.25) is 0 Å². The Labute approximate surface area is 97.3 Å². The van der Waals surface area contributed by atoms with Crippen molar-refractivity contribution in [3.8, 4) is 0 Å². The molecule has 2 fully saturated rings. The standard InChI is InChI=1S/C12H22N2O2/c1-11(2,3)16-10(15)14-7-5-4-6-12(14)8-13-9-12/h13H,4-9H2,1-3H3. The van der Waals surface area contributed by atoms with Gasteiger partial charge in [-0.3, -0.25) is 4.90 Å². The number of ether oxygens (including phenoxy) is 1. The first-order valence-corrected chi connectivity index (χ1v) is 6.14. The molecule has 4 heteroatoms. The van der Waals surface area contributed by atoms with Crippen molar-refractivity contribution in [3.05, 3.63) is 0 Å². The third-order valence-corrected chi connectivity index (χ3v) is 3.37. The van der Waals surface area contributed by atoms with Gasteiger partial charge in [-0.15, -0.1) is 0 Å². The Balaban J connectivity index is 2.03. The second kappa shape index (κ2) is 3.91. The van der Waals surface area contributed by atoms with Crippen LogP contribution in [0.25, 0.3) is 0 Å². The summed E-state index contributed by atoms with van der Waals surface area (Å²) >= 11 is 0. The SMILES string of the molecule is CC(C)(C)OC(=O)N1CCCCC12CNC2. The summed E-state index contributed by atoms with van der Waals surface area (Å²) in [7, 11) is 0. The summed E-state index contributed by atoms with van der Waals surface area (Å²) in [6.45, 7) is 8.44. The molecule has 0 unspecified atom stereocenters. The van der Waals surface area contributed by atoms with E-state index in [1.807, 2.05) is 25.7 Å². The van der Waals surface area contributed by atoms with Crippen LogP contribution in [-0.2, 0) is 4.74 Å². The van der Waals surface area contributed by atoms with Gasteiger partial charge >= 0.3 is 6.09 Å². The molecule has 1 N–H and O–H groups in total. The summed E-state index contributed by atoms with van der Waals surface area (Å²) in [5, 5.41) is 3.27. The fourth-order valence-corrected chi connectivity index (χ4v) is 2.48. The van der Waals surface area contributed by atoms with Crippen molar-refractivity contribution in [1.82, 2.24) is 10.2 Å². The van der Waals surface area contributed by atoms with Gasteiger partial charge in [-0.05, 0) is 40.0 Å². The summed E-state index contributed by atoms with van der Waals surface area (Å²) < 4.78 is 5.47. The molecule has 2 rings (SSSR count). The molecule has 0 aromatic carbocycles. The van der Waals surface area contributed by atoms with E-state index in [2.05, 4.69) is 5.32 Å². The van der Waals surface area contributed by atoms with E-state index in [1.165, 1.54) is 6.42 Å². The maximum atomic E-state index is 12.1. The zero-order chi connectivity index (χ0) is 11.8. The summed E-state index contributed by atoms with van der Waals surface area (Å²) in [6.07, 6.45) is 3.29. The summed E-state index contributed by atoms with van der Waals surface area (Å²) in [6, 6.07) is 0. The number of carbonyl (C=O) groups is 1. The average molecular weight is 226 g/mol. The van der Waals surface area contributed by atoms with Crippen LogP contribution in [0.15, 0.2) is 0 Å². The van der Waals surface area contributed by atoms with Gasteiger partial charge in [0.05, 0.1) is 5.54 Å². The Kier molecular flexibility index (Phi) is 2.86. The van der Waals surface area contributed by atoms with E-state index >= 15 is 0 Å². The lowest BCUT2D eigenvalue weighted by Gasteiger charge is -2.53. The van der Waals surface area contributed by atoms with Crippen LogP contribution in [0, 0.1) is 0 Å². The van der Waals surface area contributed by atoms with E-state index in [4.69, 9.17) is 4.74 Å². The molecule has 4 nitrogen and oxygen atoms in total. The van der Waals surface area contributed by atoms with Crippen molar-refractivity contribution in [3.63, 3.8) is 0 Å². The molecular weight excluding hydrogens is 204 g/mol. The maximum Gasteiger partial charge on any atom is 0.410 e. The van der Waals surface area contributed by atoms with Crippen LogP contribution < -0.4 is 5.32 Å². The molecule has 0 aliphatic carbocycles. The number of hydrogen-bond donors (Lipinski definition) is 1. The number of carbonyl (C=O) groups excluding carboxylic acids is 1. The van der Waals surface area contributed by atoms with Crippen molar-refractivity contribution in [2.45, 2.75) is 51.2 Å². The van der Waals surface area contributed by atoms with Gasteiger partial charge in [0.25, 0.3) is 0 Å². The van der Waals surface area contributed by atoms with E-state index < -0.39 is 5.60 Å². The van der Waals surface area contributed by atoms with Crippen molar-refractivity contribution < 1.29 is 9.53 Å². The number of amides is 1. The van der Waals surface area contributed by atoms with Gasteiger partial charge in [0, 0.05) is 19.6 Å². The van der Waals surface area contributed by atoms with Crippen molar-refractivity contribution in [2.75, 3.05) is 19.6 Å². The van der Waals surface area contributed by atoms with Gasteiger partial charge in [-0.2, -0.15) is 0 Å². The van der Waals surface area contributed by atoms with E-state index in [1.54, 1.807) is 0 Å². The van der Waals surface area contributed by atoms with E-state index in [9.17, 15) is 4.79 Å². The molecule has 2 aliphatic heterocycles. The molecule has 1 amide bonds. The largest absolute Gasteiger partial charge is 0.444 e. The van der Waals surface area contributed by atoms with Gasteiger partial charge in [0.15, 0.2) is 0 Å². The molecule has 0 atom stereocenters. The predicted molar refractivity (Wildman–Crippen MR) is 62.4 cm³/mol. The molecule has 0 bridgehead atoms. The van der Waals surface area contributed by atoms with Crippen LogP contribution in [0.4, 0.5) is 4.79 Å². The second-order valence-corrected chi connectivity index (χ2v) is 5.92. The molecule has 0 radical (unpaired) electrons. The van der Waals surface area contributed by atoms with Crippen LogP contribution >= 0.6 is 0 Å². The molecule has 2 aliphatic rings. The van der Waals surface area contributed by atoms with Gasteiger partial charge in [0.1, 0.15) is 5.60 Å². The molecule has 92 valence electrons. The lowest BCUT2D eigenvalue weighted by atomic mass is 9.82. The molecular formula is C12H22N2O2. The van der Waals surface area contributed by atoms with Crippen LogP contribution in [0.1, 0.15) is 40.0 Å². The number of nitrogens with zero attached hydrogens (tertiary/aromatic N) is 1. The third kappa shape index (κ3) is 2.17. The Morgan fingerprint density at radius 2 is 2.00 bits per heavy atom. The quantitative estimate of drug-likeness (QED) is 0.684. The molecule has 0 aromatic heterocycles. The number of nitrogens with one attached hydrogen (secondary N) is 1. The first-order chi connectivity index (χ1) is 7.43. The molecule has 0 aromatic rings.